The first-order valence-electron chi connectivity index (χ1n) is 6.42. The molecule has 1 N–H and O–H groups in total. The SMILES string of the molecule is CSC1CCC(NC(=O)c2ccc(C#N)cn2)CC1. The molecule has 4 nitrogen and oxygen atoms in total. The standard InChI is InChI=1S/C14H17N3OS/c1-19-12-5-3-11(4-6-12)17-14(18)13-7-2-10(8-15)9-16-13/h2,7,9,11-12H,3-6H2,1H3,(H,17,18). The quantitative estimate of drug-likeness (QED) is 0.919. The summed E-state index contributed by atoms with van der Waals surface area (Å²) in [5.41, 5.74) is 0.850. The molecule has 1 aromatic heterocycles. The van der Waals surface area contributed by atoms with Crippen molar-refractivity contribution in [2.75, 3.05) is 6.26 Å². The summed E-state index contributed by atoms with van der Waals surface area (Å²) in [5, 5.41) is 12.4. The molecule has 0 radical (unpaired) electrons. The second kappa shape index (κ2) is 6.58. The van der Waals surface area contributed by atoms with E-state index in [1.165, 1.54) is 6.20 Å². The Morgan fingerprint density at radius 2 is 2.16 bits per heavy atom. The summed E-state index contributed by atoms with van der Waals surface area (Å²) in [7, 11) is 0. The lowest BCUT2D eigenvalue weighted by Crippen LogP contribution is -2.38. The van der Waals surface area contributed by atoms with Gasteiger partial charge in [-0.15, -0.1) is 0 Å². The van der Waals surface area contributed by atoms with E-state index in [-0.39, 0.29) is 11.9 Å². The van der Waals surface area contributed by atoms with E-state index in [4.69, 9.17) is 5.26 Å². The number of nitriles is 1. The van der Waals surface area contributed by atoms with Gasteiger partial charge in [-0.25, -0.2) is 4.98 Å². The number of rotatable bonds is 3. The van der Waals surface area contributed by atoms with Crippen molar-refractivity contribution in [1.82, 2.24) is 10.3 Å². The van der Waals surface area contributed by atoms with E-state index in [1.807, 2.05) is 17.8 Å². The van der Waals surface area contributed by atoms with Crippen LogP contribution in [0.1, 0.15) is 41.7 Å². The molecule has 1 amide bonds. The van der Waals surface area contributed by atoms with Crippen molar-refractivity contribution >= 4 is 17.7 Å². The van der Waals surface area contributed by atoms with E-state index < -0.39 is 0 Å². The van der Waals surface area contributed by atoms with Crippen LogP contribution >= 0.6 is 11.8 Å². The molecule has 1 heterocycles. The molecule has 0 atom stereocenters. The molecule has 1 aliphatic rings. The Balaban J connectivity index is 1.89. The van der Waals surface area contributed by atoms with Crippen molar-refractivity contribution in [3.8, 4) is 6.07 Å². The van der Waals surface area contributed by atoms with E-state index in [1.54, 1.807) is 12.1 Å². The van der Waals surface area contributed by atoms with Crippen LogP contribution in [0.5, 0.6) is 0 Å². The molecular weight excluding hydrogens is 258 g/mol. The summed E-state index contributed by atoms with van der Waals surface area (Å²) in [4.78, 5) is 16.0. The molecule has 19 heavy (non-hydrogen) atoms. The number of carbonyl (C=O) groups is 1. The number of hydrogen-bond acceptors (Lipinski definition) is 4. The fraction of sp³-hybridized carbons (Fsp3) is 0.500. The van der Waals surface area contributed by atoms with Crippen LogP contribution in [0.15, 0.2) is 18.3 Å². The fourth-order valence-corrected chi connectivity index (χ4v) is 3.04. The lowest BCUT2D eigenvalue weighted by Gasteiger charge is -2.27. The van der Waals surface area contributed by atoms with Gasteiger partial charge >= 0.3 is 0 Å². The van der Waals surface area contributed by atoms with Gasteiger partial charge in [0.25, 0.3) is 5.91 Å². The van der Waals surface area contributed by atoms with Crippen LogP contribution in [-0.4, -0.2) is 28.4 Å². The van der Waals surface area contributed by atoms with Gasteiger partial charge in [-0.2, -0.15) is 17.0 Å². The molecule has 100 valence electrons. The van der Waals surface area contributed by atoms with Gasteiger partial charge in [-0.1, -0.05) is 0 Å². The van der Waals surface area contributed by atoms with Crippen LogP contribution in [0.25, 0.3) is 0 Å². The van der Waals surface area contributed by atoms with Gasteiger partial charge < -0.3 is 5.32 Å². The smallest absolute Gasteiger partial charge is 0.270 e. The summed E-state index contributed by atoms with van der Waals surface area (Å²) in [6.07, 6.45) is 7.96. The largest absolute Gasteiger partial charge is 0.348 e. The number of nitrogens with zero attached hydrogens (tertiary/aromatic N) is 2. The summed E-state index contributed by atoms with van der Waals surface area (Å²) >= 11 is 1.91. The van der Waals surface area contributed by atoms with Crippen molar-refractivity contribution in [2.24, 2.45) is 0 Å². The third kappa shape index (κ3) is 3.71. The van der Waals surface area contributed by atoms with E-state index in [2.05, 4.69) is 16.6 Å². The fourth-order valence-electron chi connectivity index (χ4n) is 2.30. The van der Waals surface area contributed by atoms with Gasteiger partial charge in [0.2, 0.25) is 0 Å². The summed E-state index contributed by atoms with van der Waals surface area (Å²) in [5.74, 6) is -0.142. The number of thioether (sulfide) groups is 1. The highest BCUT2D eigenvalue weighted by Gasteiger charge is 2.22. The van der Waals surface area contributed by atoms with Crippen molar-refractivity contribution in [3.63, 3.8) is 0 Å². The predicted octanol–water partition coefficient (Wildman–Crippen LogP) is 2.36. The maximum absolute atomic E-state index is 12.0. The van der Waals surface area contributed by atoms with E-state index >= 15 is 0 Å². The molecule has 0 bridgehead atoms. The first kappa shape index (κ1) is 13.9. The zero-order chi connectivity index (χ0) is 13.7. The van der Waals surface area contributed by atoms with Gasteiger partial charge in [0, 0.05) is 17.5 Å². The van der Waals surface area contributed by atoms with Crippen molar-refractivity contribution in [1.29, 1.82) is 5.26 Å². The average molecular weight is 275 g/mol. The Hall–Kier alpha value is -1.54. The molecule has 0 unspecified atom stereocenters. The molecule has 0 aromatic carbocycles. The van der Waals surface area contributed by atoms with Crippen LogP contribution in [0, 0.1) is 11.3 Å². The van der Waals surface area contributed by atoms with Gasteiger partial charge in [-0.05, 0) is 44.1 Å². The minimum absolute atomic E-state index is 0.142. The zero-order valence-electron chi connectivity index (χ0n) is 10.9. The second-order valence-electron chi connectivity index (χ2n) is 4.73. The van der Waals surface area contributed by atoms with E-state index in [0.717, 1.165) is 30.9 Å². The van der Waals surface area contributed by atoms with Crippen LogP contribution in [-0.2, 0) is 0 Å². The molecule has 1 saturated carbocycles. The van der Waals surface area contributed by atoms with Crippen LogP contribution in [0.3, 0.4) is 0 Å². The molecule has 1 fully saturated rings. The number of nitrogens with one attached hydrogen (secondary N) is 1. The predicted molar refractivity (Wildman–Crippen MR) is 76.0 cm³/mol. The molecule has 5 heteroatoms. The minimum atomic E-state index is -0.142. The Bertz CT molecular complexity index is 472. The topological polar surface area (TPSA) is 65.8 Å². The summed E-state index contributed by atoms with van der Waals surface area (Å²) < 4.78 is 0. The zero-order valence-corrected chi connectivity index (χ0v) is 11.7. The summed E-state index contributed by atoms with van der Waals surface area (Å²) in [6, 6.07) is 5.46. The summed E-state index contributed by atoms with van der Waals surface area (Å²) in [6.45, 7) is 0. The normalized spacial score (nSPS) is 22.5. The number of carbonyl (C=O) groups excluding carboxylic acids is 1. The Morgan fingerprint density at radius 3 is 2.68 bits per heavy atom. The molecule has 0 spiro atoms. The number of hydrogen-bond donors (Lipinski definition) is 1. The highest BCUT2D eigenvalue weighted by atomic mass is 32.2. The number of amides is 1. The molecule has 0 aliphatic heterocycles. The monoisotopic (exact) mass is 275 g/mol. The Labute approximate surface area is 117 Å². The average Bonchev–Trinajstić information content (AvgIpc) is 2.48. The molecule has 1 aromatic rings. The van der Waals surface area contributed by atoms with Crippen molar-refractivity contribution in [2.45, 2.75) is 37.0 Å². The van der Waals surface area contributed by atoms with Crippen molar-refractivity contribution < 1.29 is 4.79 Å². The second-order valence-corrected chi connectivity index (χ2v) is 5.86. The lowest BCUT2D eigenvalue weighted by molar-refractivity contribution is 0.0923. The maximum atomic E-state index is 12.0. The highest BCUT2D eigenvalue weighted by molar-refractivity contribution is 7.99. The number of aromatic nitrogens is 1. The van der Waals surface area contributed by atoms with Crippen LogP contribution < -0.4 is 5.32 Å². The first-order valence-corrected chi connectivity index (χ1v) is 7.71. The molecule has 0 saturated heterocycles. The van der Waals surface area contributed by atoms with E-state index in [0.29, 0.717) is 11.3 Å². The first-order chi connectivity index (χ1) is 9.22. The number of pyridine rings is 1. The lowest BCUT2D eigenvalue weighted by atomic mass is 9.95. The van der Waals surface area contributed by atoms with Gasteiger partial charge in [-0.3, -0.25) is 4.79 Å². The highest BCUT2D eigenvalue weighted by Crippen LogP contribution is 2.26. The molecule has 1 aliphatic carbocycles. The van der Waals surface area contributed by atoms with Gasteiger partial charge in [0.15, 0.2) is 0 Å². The minimum Gasteiger partial charge on any atom is -0.348 e. The van der Waals surface area contributed by atoms with Gasteiger partial charge in [0.1, 0.15) is 11.8 Å². The Kier molecular flexibility index (Phi) is 4.80. The molecule has 2 rings (SSSR count). The third-order valence-corrected chi connectivity index (χ3v) is 4.61. The van der Waals surface area contributed by atoms with Crippen molar-refractivity contribution in [3.05, 3.63) is 29.6 Å². The Morgan fingerprint density at radius 1 is 1.42 bits per heavy atom. The third-order valence-electron chi connectivity index (χ3n) is 3.47. The van der Waals surface area contributed by atoms with E-state index in [9.17, 15) is 4.79 Å². The maximum Gasteiger partial charge on any atom is 0.270 e. The van der Waals surface area contributed by atoms with Crippen LogP contribution in [0.2, 0.25) is 0 Å². The van der Waals surface area contributed by atoms with Crippen LogP contribution in [0.4, 0.5) is 0 Å². The van der Waals surface area contributed by atoms with Gasteiger partial charge in [0.05, 0.1) is 5.56 Å². The molecular formula is C14H17N3OS.